The number of fused-ring (bicyclic) bond motifs is 1. The molecule has 1 aliphatic carbocycles. The standard InChI is InChI=1S/C25H32FN5O/c26-22-6-2-1-4-19(22)15-31-13-3-5-20(16-31)28-25(32)18-7-8-23-21(14-18)24(30-29-23)17-9-11-27-12-10-17/h1-2,4,6,9-12,18,20-21,23-24,29-30H,3,5,7-8,13-16H2,(H,28,32)/t18?,20-,21?,23?,24?/m0/s1. The largest absolute Gasteiger partial charge is 0.352 e. The number of nitrogens with zero attached hydrogens (tertiary/aromatic N) is 2. The molecule has 3 aliphatic rings. The first-order valence-corrected chi connectivity index (χ1v) is 11.8. The monoisotopic (exact) mass is 437 g/mol. The summed E-state index contributed by atoms with van der Waals surface area (Å²) in [6, 6.07) is 11.8. The first kappa shape index (κ1) is 21.5. The molecule has 1 saturated carbocycles. The molecule has 32 heavy (non-hydrogen) atoms. The number of benzene rings is 1. The molecule has 1 aromatic heterocycles. The van der Waals surface area contributed by atoms with Crippen LogP contribution < -0.4 is 16.2 Å². The Morgan fingerprint density at radius 3 is 2.81 bits per heavy atom. The number of carbonyl (C=O) groups is 1. The van der Waals surface area contributed by atoms with Gasteiger partial charge in [0.2, 0.25) is 5.91 Å². The molecule has 2 aromatic rings. The molecule has 4 unspecified atom stereocenters. The number of hydrazine groups is 1. The highest BCUT2D eigenvalue weighted by molar-refractivity contribution is 5.79. The average molecular weight is 438 g/mol. The minimum absolute atomic E-state index is 0.0456. The fraction of sp³-hybridized carbons (Fsp3) is 0.520. The predicted octanol–water partition coefficient (Wildman–Crippen LogP) is 2.94. The van der Waals surface area contributed by atoms with Gasteiger partial charge < -0.3 is 5.32 Å². The van der Waals surface area contributed by atoms with Gasteiger partial charge in [0, 0.05) is 49.0 Å². The molecule has 2 saturated heterocycles. The number of aromatic nitrogens is 1. The van der Waals surface area contributed by atoms with Gasteiger partial charge >= 0.3 is 0 Å². The highest BCUT2D eigenvalue weighted by atomic mass is 19.1. The van der Waals surface area contributed by atoms with E-state index in [2.05, 4.69) is 38.2 Å². The fourth-order valence-corrected chi connectivity index (χ4v) is 5.70. The van der Waals surface area contributed by atoms with Crippen molar-refractivity contribution in [2.24, 2.45) is 11.8 Å². The summed E-state index contributed by atoms with van der Waals surface area (Å²) < 4.78 is 14.0. The topological polar surface area (TPSA) is 69.3 Å². The molecule has 0 bridgehead atoms. The van der Waals surface area contributed by atoms with E-state index in [0.717, 1.165) is 50.8 Å². The van der Waals surface area contributed by atoms with Gasteiger partial charge in [-0.15, -0.1) is 0 Å². The van der Waals surface area contributed by atoms with Crippen LogP contribution in [0.25, 0.3) is 0 Å². The molecule has 170 valence electrons. The predicted molar refractivity (Wildman–Crippen MR) is 121 cm³/mol. The lowest BCUT2D eigenvalue weighted by molar-refractivity contribution is -0.127. The van der Waals surface area contributed by atoms with E-state index in [1.165, 1.54) is 11.6 Å². The van der Waals surface area contributed by atoms with E-state index in [9.17, 15) is 9.18 Å². The Balaban J connectivity index is 1.17. The highest BCUT2D eigenvalue weighted by Gasteiger charge is 2.43. The highest BCUT2D eigenvalue weighted by Crippen LogP contribution is 2.40. The smallest absolute Gasteiger partial charge is 0.223 e. The van der Waals surface area contributed by atoms with Crippen molar-refractivity contribution in [1.29, 1.82) is 0 Å². The Morgan fingerprint density at radius 1 is 1.12 bits per heavy atom. The normalized spacial score (nSPS) is 30.6. The van der Waals surface area contributed by atoms with Crippen molar-refractivity contribution in [2.45, 2.75) is 56.8 Å². The molecule has 0 radical (unpaired) electrons. The van der Waals surface area contributed by atoms with Gasteiger partial charge in [0.25, 0.3) is 0 Å². The van der Waals surface area contributed by atoms with Crippen LogP contribution in [0.1, 0.15) is 49.3 Å². The van der Waals surface area contributed by atoms with Gasteiger partial charge in [-0.2, -0.15) is 0 Å². The Kier molecular flexibility index (Phi) is 6.48. The Labute approximate surface area is 189 Å². The number of hydrogen-bond acceptors (Lipinski definition) is 5. The fourth-order valence-electron chi connectivity index (χ4n) is 5.70. The Morgan fingerprint density at radius 2 is 1.97 bits per heavy atom. The quantitative estimate of drug-likeness (QED) is 0.671. The number of amides is 1. The lowest BCUT2D eigenvalue weighted by Gasteiger charge is -2.36. The molecule has 1 aromatic carbocycles. The first-order chi connectivity index (χ1) is 15.7. The van der Waals surface area contributed by atoms with Crippen molar-refractivity contribution in [3.63, 3.8) is 0 Å². The van der Waals surface area contributed by atoms with Gasteiger partial charge in [0.15, 0.2) is 0 Å². The number of rotatable bonds is 5. The van der Waals surface area contributed by atoms with Gasteiger partial charge in [0.05, 0.1) is 6.04 Å². The zero-order valence-electron chi connectivity index (χ0n) is 18.3. The second kappa shape index (κ2) is 9.65. The van der Waals surface area contributed by atoms with Crippen molar-refractivity contribution in [3.8, 4) is 0 Å². The van der Waals surface area contributed by atoms with Gasteiger partial charge in [-0.1, -0.05) is 18.2 Å². The van der Waals surface area contributed by atoms with Crippen molar-refractivity contribution >= 4 is 5.91 Å². The van der Waals surface area contributed by atoms with E-state index < -0.39 is 0 Å². The Hall–Kier alpha value is -2.35. The molecule has 3 heterocycles. The molecule has 2 aliphatic heterocycles. The van der Waals surface area contributed by atoms with E-state index in [0.29, 0.717) is 18.5 Å². The molecular weight excluding hydrogens is 405 g/mol. The van der Waals surface area contributed by atoms with E-state index >= 15 is 0 Å². The molecule has 5 atom stereocenters. The van der Waals surface area contributed by atoms with Crippen LogP contribution in [0.3, 0.4) is 0 Å². The summed E-state index contributed by atoms with van der Waals surface area (Å²) in [5.41, 5.74) is 8.83. The molecule has 3 fully saturated rings. The number of nitrogens with one attached hydrogen (secondary N) is 3. The lowest BCUT2D eigenvalue weighted by atomic mass is 9.74. The number of hydrogen-bond donors (Lipinski definition) is 3. The van der Waals surface area contributed by atoms with Gasteiger partial charge in [0.1, 0.15) is 5.82 Å². The minimum Gasteiger partial charge on any atom is -0.352 e. The van der Waals surface area contributed by atoms with Crippen LogP contribution >= 0.6 is 0 Å². The van der Waals surface area contributed by atoms with Crippen LogP contribution in [-0.2, 0) is 11.3 Å². The summed E-state index contributed by atoms with van der Waals surface area (Å²) in [6.07, 6.45) is 8.46. The van der Waals surface area contributed by atoms with E-state index in [-0.39, 0.29) is 29.7 Å². The number of likely N-dealkylation sites (tertiary alicyclic amines) is 1. The first-order valence-electron chi connectivity index (χ1n) is 11.8. The Bertz CT molecular complexity index is 926. The van der Waals surface area contributed by atoms with E-state index in [1.54, 1.807) is 6.07 Å². The molecule has 5 rings (SSSR count). The van der Waals surface area contributed by atoms with Gasteiger partial charge in [-0.05, 0) is 68.3 Å². The summed E-state index contributed by atoms with van der Waals surface area (Å²) in [5, 5.41) is 3.33. The van der Waals surface area contributed by atoms with Crippen LogP contribution in [0.5, 0.6) is 0 Å². The van der Waals surface area contributed by atoms with Crippen LogP contribution in [0.4, 0.5) is 4.39 Å². The maximum Gasteiger partial charge on any atom is 0.223 e. The summed E-state index contributed by atoms with van der Waals surface area (Å²) in [5.74, 6) is 0.467. The maximum atomic E-state index is 14.0. The maximum absolute atomic E-state index is 14.0. The number of halogens is 1. The van der Waals surface area contributed by atoms with Gasteiger partial charge in [-0.25, -0.2) is 9.82 Å². The summed E-state index contributed by atoms with van der Waals surface area (Å²) in [7, 11) is 0. The molecule has 7 heteroatoms. The van der Waals surface area contributed by atoms with Crippen LogP contribution in [0.2, 0.25) is 0 Å². The van der Waals surface area contributed by atoms with Crippen LogP contribution in [-0.4, -0.2) is 41.0 Å². The summed E-state index contributed by atoms with van der Waals surface area (Å²) in [4.78, 5) is 19.6. The molecule has 3 N–H and O–H groups in total. The summed E-state index contributed by atoms with van der Waals surface area (Å²) >= 11 is 0. The van der Waals surface area contributed by atoms with Crippen molar-refractivity contribution < 1.29 is 9.18 Å². The van der Waals surface area contributed by atoms with Crippen molar-refractivity contribution in [3.05, 3.63) is 65.7 Å². The average Bonchev–Trinajstić information content (AvgIpc) is 3.25. The van der Waals surface area contributed by atoms with Crippen molar-refractivity contribution in [1.82, 2.24) is 26.1 Å². The molecule has 1 amide bonds. The SMILES string of the molecule is O=C(N[C@H]1CCCN(Cc2ccccc2F)C1)C1CCC2NNC(c3ccncc3)C2C1. The van der Waals surface area contributed by atoms with E-state index in [4.69, 9.17) is 0 Å². The third-order valence-corrected chi connectivity index (χ3v) is 7.39. The third-order valence-electron chi connectivity index (χ3n) is 7.39. The number of piperidine rings is 1. The second-order valence-electron chi connectivity index (χ2n) is 9.50. The van der Waals surface area contributed by atoms with Crippen LogP contribution in [0, 0.1) is 17.7 Å². The lowest BCUT2D eigenvalue weighted by Crippen LogP contribution is -2.50. The number of carbonyl (C=O) groups excluding carboxylic acids is 1. The molecule has 6 nitrogen and oxygen atoms in total. The number of pyridine rings is 1. The molecule has 0 spiro atoms. The zero-order valence-corrected chi connectivity index (χ0v) is 18.3. The minimum atomic E-state index is -0.155. The molecular formula is C25H32FN5O. The third kappa shape index (κ3) is 4.70. The van der Waals surface area contributed by atoms with Gasteiger partial charge in [-0.3, -0.25) is 20.1 Å². The van der Waals surface area contributed by atoms with Crippen molar-refractivity contribution in [2.75, 3.05) is 13.1 Å². The second-order valence-corrected chi connectivity index (χ2v) is 9.50. The summed E-state index contributed by atoms with van der Waals surface area (Å²) in [6.45, 7) is 2.32. The zero-order chi connectivity index (χ0) is 21.9. The van der Waals surface area contributed by atoms with Crippen LogP contribution in [0.15, 0.2) is 48.8 Å². The van der Waals surface area contributed by atoms with E-state index in [1.807, 2.05) is 24.5 Å².